The molecule has 0 bridgehead atoms. The molecule has 27 heavy (non-hydrogen) atoms. The number of nitrogens with one attached hydrogen (secondary N) is 1. The van der Waals surface area contributed by atoms with Crippen molar-refractivity contribution in [2.24, 2.45) is 0 Å². The number of carbonyl (C=O) groups is 3. The molecule has 0 heterocycles. The third-order valence-corrected chi connectivity index (χ3v) is 4.13. The molecular formula is C18H16Cl2N2O5. The Morgan fingerprint density at radius 3 is 2.30 bits per heavy atom. The number of hydrogen-bond acceptors (Lipinski definition) is 5. The number of amides is 2. The molecule has 0 aliphatic carbocycles. The highest BCUT2D eigenvalue weighted by molar-refractivity contribution is 6.39. The number of methoxy groups -OCH3 is 1. The molecule has 2 aromatic rings. The van der Waals surface area contributed by atoms with Crippen LogP contribution in [0.15, 0.2) is 42.5 Å². The Labute approximate surface area is 165 Å². The number of ether oxygens (including phenoxy) is 2. The molecule has 142 valence electrons. The predicted octanol–water partition coefficient (Wildman–Crippen LogP) is 3.99. The van der Waals surface area contributed by atoms with Crippen LogP contribution in [0.3, 0.4) is 0 Å². The maximum Gasteiger partial charge on any atom is 0.413 e. The zero-order valence-corrected chi connectivity index (χ0v) is 16.0. The first kappa shape index (κ1) is 20.5. The molecule has 0 aliphatic heterocycles. The zero-order chi connectivity index (χ0) is 20.0. The van der Waals surface area contributed by atoms with Crippen molar-refractivity contribution in [3.8, 4) is 0 Å². The number of hydrogen-bond donors (Lipinski definition) is 1. The van der Waals surface area contributed by atoms with Gasteiger partial charge >= 0.3 is 12.1 Å². The van der Waals surface area contributed by atoms with Crippen molar-refractivity contribution in [1.29, 1.82) is 0 Å². The standard InChI is InChI=1S/C18H16Cl2N2O5/c1-22(18(25)26-2)14-9-4-3-6-11(14)17(24)27-10-15(23)21-16-12(19)7-5-8-13(16)20/h3-9H,10H2,1-2H3,(H,21,23). The van der Waals surface area contributed by atoms with Gasteiger partial charge in [-0.25, -0.2) is 9.59 Å². The molecule has 7 nitrogen and oxygen atoms in total. The highest BCUT2D eigenvalue weighted by atomic mass is 35.5. The molecule has 2 aromatic carbocycles. The lowest BCUT2D eigenvalue weighted by Gasteiger charge is -2.18. The van der Waals surface area contributed by atoms with E-state index in [0.717, 1.165) is 4.90 Å². The van der Waals surface area contributed by atoms with E-state index in [9.17, 15) is 14.4 Å². The lowest BCUT2D eigenvalue weighted by Crippen LogP contribution is -2.28. The lowest BCUT2D eigenvalue weighted by atomic mass is 10.1. The van der Waals surface area contributed by atoms with Gasteiger partial charge in [0.25, 0.3) is 5.91 Å². The molecule has 0 unspecified atom stereocenters. The summed E-state index contributed by atoms with van der Waals surface area (Å²) in [6.45, 7) is -0.559. The second kappa shape index (κ2) is 9.25. The number of nitrogens with zero attached hydrogens (tertiary/aromatic N) is 1. The number of rotatable bonds is 5. The second-order valence-electron chi connectivity index (χ2n) is 5.27. The zero-order valence-electron chi connectivity index (χ0n) is 14.5. The Balaban J connectivity index is 2.06. The SMILES string of the molecule is COC(=O)N(C)c1ccccc1C(=O)OCC(=O)Nc1c(Cl)cccc1Cl. The van der Waals surface area contributed by atoms with Crippen LogP contribution in [-0.4, -0.2) is 38.7 Å². The quantitative estimate of drug-likeness (QED) is 0.753. The Morgan fingerprint density at radius 1 is 1.04 bits per heavy atom. The van der Waals surface area contributed by atoms with Gasteiger partial charge in [0.1, 0.15) is 0 Å². The van der Waals surface area contributed by atoms with Crippen LogP contribution in [0.5, 0.6) is 0 Å². The van der Waals surface area contributed by atoms with Crippen molar-refractivity contribution < 1.29 is 23.9 Å². The average Bonchev–Trinajstić information content (AvgIpc) is 2.67. The lowest BCUT2D eigenvalue weighted by molar-refractivity contribution is -0.119. The van der Waals surface area contributed by atoms with Gasteiger partial charge in [0.05, 0.1) is 34.1 Å². The first-order chi connectivity index (χ1) is 12.8. The average molecular weight is 411 g/mol. The number of para-hydroxylation sites is 2. The third kappa shape index (κ3) is 5.12. The second-order valence-corrected chi connectivity index (χ2v) is 6.08. The maximum absolute atomic E-state index is 12.3. The van der Waals surface area contributed by atoms with Gasteiger partial charge in [-0.05, 0) is 24.3 Å². The normalized spacial score (nSPS) is 10.1. The summed E-state index contributed by atoms with van der Waals surface area (Å²) in [6.07, 6.45) is -0.652. The summed E-state index contributed by atoms with van der Waals surface area (Å²) in [7, 11) is 2.67. The number of anilines is 2. The summed E-state index contributed by atoms with van der Waals surface area (Å²) in [5.74, 6) is -1.39. The van der Waals surface area contributed by atoms with Crippen LogP contribution in [-0.2, 0) is 14.3 Å². The highest BCUT2D eigenvalue weighted by Crippen LogP contribution is 2.29. The van der Waals surface area contributed by atoms with Gasteiger partial charge in [0.15, 0.2) is 6.61 Å². The molecule has 0 spiro atoms. The van der Waals surface area contributed by atoms with E-state index in [4.69, 9.17) is 27.9 Å². The van der Waals surface area contributed by atoms with Crippen molar-refractivity contribution in [3.05, 3.63) is 58.1 Å². The fourth-order valence-electron chi connectivity index (χ4n) is 2.18. The van der Waals surface area contributed by atoms with Crippen LogP contribution in [0, 0.1) is 0 Å². The maximum atomic E-state index is 12.3. The number of benzene rings is 2. The van der Waals surface area contributed by atoms with Crippen molar-refractivity contribution in [1.82, 2.24) is 0 Å². The van der Waals surface area contributed by atoms with E-state index in [-0.39, 0.29) is 27.0 Å². The fourth-order valence-corrected chi connectivity index (χ4v) is 2.67. The minimum atomic E-state index is -0.776. The van der Waals surface area contributed by atoms with Crippen LogP contribution in [0.25, 0.3) is 0 Å². The van der Waals surface area contributed by atoms with Gasteiger partial charge in [-0.3, -0.25) is 9.69 Å². The van der Waals surface area contributed by atoms with Gasteiger partial charge in [0, 0.05) is 7.05 Å². The van der Waals surface area contributed by atoms with E-state index in [1.165, 1.54) is 20.2 Å². The van der Waals surface area contributed by atoms with Crippen LogP contribution in [0.1, 0.15) is 10.4 Å². The molecule has 0 saturated carbocycles. The van der Waals surface area contributed by atoms with E-state index in [2.05, 4.69) is 10.1 Å². The summed E-state index contributed by atoms with van der Waals surface area (Å²) >= 11 is 11.9. The largest absolute Gasteiger partial charge is 0.452 e. The molecule has 2 amide bonds. The predicted molar refractivity (Wildman–Crippen MR) is 103 cm³/mol. The molecular weight excluding hydrogens is 395 g/mol. The molecule has 0 aliphatic rings. The minimum absolute atomic E-state index is 0.106. The fraction of sp³-hybridized carbons (Fsp3) is 0.167. The minimum Gasteiger partial charge on any atom is -0.452 e. The molecule has 0 aromatic heterocycles. The topological polar surface area (TPSA) is 84.9 Å². The van der Waals surface area contributed by atoms with E-state index in [0.29, 0.717) is 0 Å². The van der Waals surface area contributed by atoms with E-state index in [1.807, 2.05) is 0 Å². The Bertz CT molecular complexity index is 852. The van der Waals surface area contributed by atoms with Crippen LogP contribution >= 0.6 is 23.2 Å². The van der Waals surface area contributed by atoms with Gasteiger partial charge in [0.2, 0.25) is 0 Å². The third-order valence-electron chi connectivity index (χ3n) is 3.50. The Hall–Kier alpha value is -2.77. The first-order valence-corrected chi connectivity index (χ1v) is 8.42. The van der Waals surface area contributed by atoms with Crippen LogP contribution < -0.4 is 10.2 Å². The Kier molecular flexibility index (Phi) is 7.04. The van der Waals surface area contributed by atoms with Crippen LogP contribution in [0.2, 0.25) is 10.0 Å². The molecule has 0 fully saturated rings. The summed E-state index contributed by atoms with van der Waals surface area (Å²) < 4.78 is 9.66. The monoisotopic (exact) mass is 410 g/mol. The van der Waals surface area contributed by atoms with E-state index in [1.54, 1.807) is 36.4 Å². The summed E-state index contributed by atoms with van der Waals surface area (Å²) in [6, 6.07) is 11.0. The van der Waals surface area contributed by atoms with E-state index >= 15 is 0 Å². The number of esters is 1. The highest BCUT2D eigenvalue weighted by Gasteiger charge is 2.20. The summed E-state index contributed by atoms with van der Waals surface area (Å²) in [5, 5.41) is 3.00. The van der Waals surface area contributed by atoms with Gasteiger partial charge in [-0.15, -0.1) is 0 Å². The number of halogens is 2. The van der Waals surface area contributed by atoms with Gasteiger partial charge in [-0.2, -0.15) is 0 Å². The number of carbonyl (C=O) groups excluding carboxylic acids is 3. The Morgan fingerprint density at radius 2 is 1.67 bits per heavy atom. The molecule has 2 rings (SSSR count). The van der Waals surface area contributed by atoms with Crippen molar-refractivity contribution >= 4 is 52.5 Å². The molecule has 1 N–H and O–H groups in total. The van der Waals surface area contributed by atoms with Gasteiger partial charge in [-0.1, -0.05) is 41.4 Å². The molecule has 0 radical (unpaired) electrons. The van der Waals surface area contributed by atoms with E-state index < -0.39 is 24.6 Å². The smallest absolute Gasteiger partial charge is 0.413 e. The first-order valence-electron chi connectivity index (χ1n) is 7.66. The molecule has 0 atom stereocenters. The summed E-state index contributed by atoms with van der Waals surface area (Å²) in [5.41, 5.74) is 0.616. The van der Waals surface area contributed by atoms with Crippen molar-refractivity contribution in [2.45, 2.75) is 0 Å². The summed E-state index contributed by atoms with van der Waals surface area (Å²) in [4.78, 5) is 37.2. The van der Waals surface area contributed by atoms with Crippen molar-refractivity contribution in [3.63, 3.8) is 0 Å². The van der Waals surface area contributed by atoms with Gasteiger partial charge < -0.3 is 14.8 Å². The van der Waals surface area contributed by atoms with Crippen LogP contribution in [0.4, 0.5) is 16.2 Å². The van der Waals surface area contributed by atoms with Crippen molar-refractivity contribution in [2.75, 3.05) is 31.0 Å². The molecule has 0 saturated heterocycles. The molecule has 9 heteroatoms.